The standard InChI is InChI=1S/C25H23N3O3/c29-25(26-15-14-17-6-7-17)31-21-12-13-22-23(16-21)28-24(27-22)18-8-10-20(11-9-18)30-19-4-2-1-3-5-19/h1-5,8-13,16-17H,6-7,14-15H2,(H,26,29)(H,27,28). The molecule has 0 atom stereocenters. The summed E-state index contributed by atoms with van der Waals surface area (Å²) in [6.07, 6.45) is 3.15. The van der Waals surface area contributed by atoms with Crippen molar-refractivity contribution in [1.29, 1.82) is 0 Å². The van der Waals surface area contributed by atoms with E-state index in [1.165, 1.54) is 12.8 Å². The molecule has 0 saturated heterocycles. The number of fused-ring (bicyclic) bond motifs is 1. The van der Waals surface area contributed by atoms with Crippen molar-refractivity contribution < 1.29 is 14.3 Å². The van der Waals surface area contributed by atoms with E-state index in [0.717, 1.165) is 46.3 Å². The highest BCUT2D eigenvalue weighted by atomic mass is 16.6. The summed E-state index contributed by atoms with van der Waals surface area (Å²) in [4.78, 5) is 19.9. The van der Waals surface area contributed by atoms with Gasteiger partial charge in [-0.05, 0) is 60.9 Å². The van der Waals surface area contributed by atoms with Gasteiger partial charge in [0.05, 0.1) is 11.0 Å². The van der Waals surface area contributed by atoms with Gasteiger partial charge in [0.1, 0.15) is 23.1 Å². The summed E-state index contributed by atoms with van der Waals surface area (Å²) >= 11 is 0. The highest BCUT2D eigenvalue weighted by Gasteiger charge is 2.20. The van der Waals surface area contributed by atoms with Gasteiger partial charge < -0.3 is 19.8 Å². The molecular formula is C25H23N3O3. The normalized spacial score (nSPS) is 13.2. The molecule has 31 heavy (non-hydrogen) atoms. The van der Waals surface area contributed by atoms with Crippen LogP contribution >= 0.6 is 0 Å². The van der Waals surface area contributed by atoms with E-state index in [-0.39, 0.29) is 0 Å². The highest BCUT2D eigenvalue weighted by molar-refractivity contribution is 5.82. The average molecular weight is 413 g/mol. The van der Waals surface area contributed by atoms with Crippen molar-refractivity contribution in [3.63, 3.8) is 0 Å². The third-order valence-electron chi connectivity index (χ3n) is 5.29. The number of carbonyl (C=O) groups is 1. The van der Waals surface area contributed by atoms with Crippen molar-refractivity contribution in [1.82, 2.24) is 15.3 Å². The number of para-hydroxylation sites is 1. The quantitative estimate of drug-likeness (QED) is 0.395. The molecule has 1 saturated carbocycles. The van der Waals surface area contributed by atoms with Crippen LogP contribution in [0.3, 0.4) is 0 Å². The smallest absolute Gasteiger partial charge is 0.412 e. The molecule has 6 heteroatoms. The minimum Gasteiger partial charge on any atom is -0.457 e. The topological polar surface area (TPSA) is 76.2 Å². The van der Waals surface area contributed by atoms with Gasteiger partial charge in [0.15, 0.2) is 0 Å². The zero-order chi connectivity index (χ0) is 21.0. The van der Waals surface area contributed by atoms with Crippen molar-refractivity contribution in [2.75, 3.05) is 6.54 Å². The van der Waals surface area contributed by atoms with Gasteiger partial charge in [-0.15, -0.1) is 0 Å². The number of benzene rings is 3. The molecular weight excluding hydrogens is 390 g/mol. The number of rotatable bonds is 7. The van der Waals surface area contributed by atoms with Crippen LogP contribution < -0.4 is 14.8 Å². The minimum absolute atomic E-state index is 0.422. The highest BCUT2D eigenvalue weighted by Crippen LogP contribution is 2.31. The van der Waals surface area contributed by atoms with E-state index in [1.807, 2.05) is 60.7 Å². The van der Waals surface area contributed by atoms with Crippen molar-refractivity contribution in [3.8, 4) is 28.6 Å². The number of aromatic nitrogens is 2. The van der Waals surface area contributed by atoms with Gasteiger partial charge >= 0.3 is 6.09 Å². The second-order valence-electron chi connectivity index (χ2n) is 7.75. The first-order valence-corrected chi connectivity index (χ1v) is 10.5. The maximum Gasteiger partial charge on any atom is 0.412 e. The van der Waals surface area contributed by atoms with Crippen molar-refractivity contribution in [3.05, 3.63) is 72.8 Å². The van der Waals surface area contributed by atoms with Gasteiger partial charge in [-0.3, -0.25) is 0 Å². The Morgan fingerprint density at radius 3 is 2.48 bits per heavy atom. The van der Waals surface area contributed by atoms with Gasteiger partial charge in [0.2, 0.25) is 0 Å². The van der Waals surface area contributed by atoms with Gasteiger partial charge in [-0.2, -0.15) is 0 Å². The molecule has 2 N–H and O–H groups in total. The van der Waals surface area contributed by atoms with E-state index in [2.05, 4.69) is 15.3 Å². The number of H-pyrrole nitrogens is 1. The number of amides is 1. The van der Waals surface area contributed by atoms with E-state index in [4.69, 9.17) is 9.47 Å². The maximum atomic E-state index is 12.0. The molecule has 0 unspecified atom stereocenters. The average Bonchev–Trinajstić information content (AvgIpc) is 3.51. The fraction of sp³-hybridized carbons (Fsp3) is 0.200. The molecule has 1 amide bonds. The number of hydrogen-bond acceptors (Lipinski definition) is 4. The molecule has 6 nitrogen and oxygen atoms in total. The lowest BCUT2D eigenvalue weighted by atomic mass is 10.2. The first kappa shape index (κ1) is 19.2. The van der Waals surface area contributed by atoms with Crippen LogP contribution in [0.1, 0.15) is 19.3 Å². The van der Waals surface area contributed by atoms with Crippen LogP contribution in [-0.2, 0) is 0 Å². The number of hydrogen-bond donors (Lipinski definition) is 2. The fourth-order valence-corrected chi connectivity index (χ4v) is 3.42. The zero-order valence-electron chi connectivity index (χ0n) is 17.0. The number of carbonyl (C=O) groups excluding carboxylic acids is 1. The Labute approximate surface area is 180 Å². The Kier molecular flexibility index (Phi) is 5.27. The Hall–Kier alpha value is -3.80. The molecule has 156 valence electrons. The number of ether oxygens (including phenoxy) is 2. The Bertz CT molecular complexity index is 1180. The monoisotopic (exact) mass is 413 g/mol. The molecule has 1 fully saturated rings. The van der Waals surface area contributed by atoms with Gasteiger partial charge in [0.25, 0.3) is 0 Å². The van der Waals surface area contributed by atoms with Gasteiger partial charge in [-0.1, -0.05) is 31.0 Å². The van der Waals surface area contributed by atoms with Crippen LogP contribution in [-0.4, -0.2) is 22.6 Å². The molecule has 0 spiro atoms. The zero-order valence-corrected chi connectivity index (χ0v) is 17.0. The van der Waals surface area contributed by atoms with Gasteiger partial charge in [0, 0.05) is 18.2 Å². The number of imidazole rings is 1. The Morgan fingerprint density at radius 2 is 1.71 bits per heavy atom. The number of aromatic amines is 1. The largest absolute Gasteiger partial charge is 0.457 e. The SMILES string of the molecule is O=C(NCCC1CC1)Oc1ccc2nc(-c3ccc(Oc4ccccc4)cc3)[nH]c2c1. The van der Waals surface area contributed by atoms with E-state index in [1.54, 1.807) is 12.1 Å². The molecule has 0 aliphatic heterocycles. The molecule has 5 rings (SSSR count). The Balaban J connectivity index is 1.25. The van der Waals surface area contributed by atoms with E-state index in [0.29, 0.717) is 12.3 Å². The lowest BCUT2D eigenvalue weighted by Crippen LogP contribution is -2.27. The number of nitrogens with zero attached hydrogens (tertiary/aromatic N) is 1. The predicted molar refractivity (Wildman–Crippen MR) is 119 cm³/mol. The van der Waals surface area contributed by atoms with Crippen LogP contribution in [0.4, 0.5) is 4.79 Å². The molecule has 4 aromatic rings. The Morgan fingerprint density at radius 1 is 0.968 bits per heavy atom. The summed E-state index contributed by atoms with van der Waals surface area (Å²) in [7, 11) is 0. The van der Waals surface area contributed by atoms with Crippen molar-refractivity contribution >= 4 is 17.1 Å². The first-order valence-electron chi connectivity index (χ1n) is 10.5. The molecule has 1 heterocycles. The maximum absolute atomic E-state index is 12.0. The summed E-state index contributed by atoms with van der Waals surface area (Å²) in [5.74, 6) is 3.56. The molecule has 0 radical (unpaired) electrons. The second kappa shape index (κ2) is 8.52. The summed E-state index contributed by atoms with van der Waals surface area (Å²) in [6.45, 7) is 0.657. The van der Waals surface area contributed by atoms with Crippen LogP contribution in [0.15, 0.2) is 72.8 Å². The summed E-state index contributed by atoms with van der Waals surface area (Å²) < 4.78 is 11.2. The molecule has 1 aliphatic rings. The van der Waals surface area contributed by atoms with Gasteiger partial charge in [-0.25, -0.2) is 9.78 Å². The minimum atomic E-state index is -0.422. The predicted octanol–water partition coefficient (Wildman–Crippen LogP) is 5.91. The summed E-state index contributed by atoms with van der Waals surface area (Å²) in [5, 5.41) is 2.81. The van der Waals surface area contributed by atoms with Crippen LogP contribution in [0.2, 0.25) is 0 Å². The third-order valence-corrected chi connectivity index (χ3v) is 5.29. The molecule has 1 aromatic heterocycles. The summed E-state index contributed by atoms with van der Waals surface area (Å²) in [6, 6.07) is 22.8. The van der Waals surface area contributed by atoms with Crippen molar-refractivity contribution in [2.45, 2.75) is 19.3 Å². The fourth-order valence-electron chi connectivity index (χ4n) is 3.42. The lowest BCUT2D eigenvalue weighted by molar-refractivity contribution is 0.200. The lowest BCUT2D eigenvalue weighted by Gasteiger charge is -2.06. The van der Waals surface area contributed by atoms with Crippen LogP contribution in [0.5, 0.6) is 17.2 Å². The number of nitrogens with one attached hydrogen (secondary N) is 2. The van der Waals surface area contributed by atoms with Crippen LogP contribution in [0, 0.1) is 5.92 Å². The molecule has 0 bridgehead atoms. The molecule has 1 aliphatic carbocycles. The van der Waals surface area contributed by atoms with E-state index in [9.17, 15) is 4.79 Å². The van der Waals surface area contributed by atoms with Crippen molar-refractivity contribution in [2.24, 2.45) is 5.92 Å². The second-order valence-corrected chi connectivity index (χ2v) is 7.75. The van der Waals surface area contributed by atoms with E-state index >= 15 is 0 Å². The van der Waals surface area contributed by atoms with Crippen LogP contribution in [0.25, 0.3) is 22.4 Å². The summed E-state index contributed by atoms with van der Waals surface area (Å²) in [5.41, 5.74) is 2.56. The first-order chi connectivity index (χ1) is 15.2. The third kappa shape index (κ3) is 4.86. The molecule has 3 aromatic carbocycles. The van der Waals surface area contributed by atoms with E-state index < -0.39 is 6.09 Å².